The lowest BCUT2D eigenvalue weighted by molar-refractivity contribution is -0.147. The molecule has 1 aliphatic rings. The number of carbonyl (C=O) groups is 2. The molecule has 0 saturated heterocycles. The Balaban J connectivity index is 2.45. The summed E-state index contributed by atoms with van der Waals surface area (Å²) in [6.07, 6.45) is 0. The van der Waals surface area contributed by atoms with Crippen LogP contribution >= 0.6 is 0 Å². The van der Waals surface area contributed by atoms with Crippen molar-refractivity contribution in [2.75, 3.05) is 21.3 Å². The van der Waals surface area contributed by atoms with E-state index in [1.54, 1.807) is 54.6 Å². The Morgan fingerprint density at radius 1 is 0.909 bits per heavy atom. The average Bonchev–Trinajstić information content (AvgIpc) is 2.87. The van der Waals surface area contributed by atoms with Gasteiger partial charge in [-0.2, -0.15) is 10.5 Å². The minimum atomic E-state index is -1.97. The third kappa shape index (κ3) is 3.77. The fraction of sp³-hybridized carbons (Fsp3) is 0.280. The van der Waals surface area contributed by atoms with Gasteiger partial charge in [-0.05, 0) is 23.3 Å². The van der Waals surface area contributed by atoms with Crippen LogP contribution in [-0.2, 0) is 19.1 Å². The van der Waals surface area contributed by atoms with Crippen LogP contribution in [0.5, 0.6) is 5.75 Å². The van der Waals surface area contributed by atoms with Gasteiger partial charge in [0.1, 0.15) is 17.4 Å². The van der Waals surface area contributed by atoms with Gasteiger partial charge < -0.3 is 19.3 Å². The van der Waals surface area contributed by atoms with E-state index in [0.29, 0.717) is 16.9 Å². The summed E-state index contributed by atoms with van der Waals surface area (Å²) in [5, 5.41) is 32.1. The quantitative estimate of drug-likeness (QED) is 0.692. The van der Waals surface area contributed by atoms with E-state index >= 15 is 0 Å². The fourth-order valence-electron chi connectivity index (χ4n) is 4.49. The van der Waals surface area contributed by atoms with E-state index in [2.05, 4.69) is 12.1 Å². The predicted octanol–water partition coefficient (Wildman–Crippen LogP) is 3.38. The second kappa shape index (κ2) is 9.46. The highest BCUT2D eigenvalue weighted by atomic mass is 16.5. The van der Waals surface area contributed by atoms with E-state index in [9.17, 15) is 25.2 Å². The number of methoxy groups -OCH3 is 3. The minimum absolute atomic E-state index is 0.339. The average molecular weight is 446 g/mol. The van der Waals surface area contributed by atoms with Crippen molar-refractivity contribution in [1.29, 1.82) is 10.5 Å². The Hall–Kier alpha value is -4.30. The van der Waals surface area contributed by atoms with E-state index in [-0.39, 0.29) is 5.57 Å². The zero-order chi connectivity index (χ0) is 24.2. The first-order chi connectivity index (χ1) is 15.9. The first-order valence-corrected chi connectivity index (χ1v) is 10.0. The molecule has 8 heteroatoms. The molecule has 3 atom stereocenters. The molecule has 33 heavy (non-hydrogen) atoms. The predicted molar refractivity (Wildman–Crippen MR) is 116 cm³/mol. The molecule has 0 spiro atoms. The molecule has 8 nitrogen and oxygen atoms in total. The van der Waals surface area contributed by atoms with Crippen LogP contribution in [0.3, 0.4) is 0 Å². The molecule has 0 aliphatic heterocycles. The maximum atomic E-state index is 12.9. The van der Waals surface area contributed by atoms with Gasteiger partial charge in [-0.1, -0.05) is 42.5 Å². The van der Waals surface area contributed by atoms with Crippen LogP contribution in [0.15, 0.2) is 65.9 Å². The van der Waals surface area contributed by atoms with Crippen LogP contribution in [0.1, 0.15) is 23.0 Å². The van der Waals surface area contributed by atoms with Crippen LogP contribution < -0.4 is 4.74 Å². The molecule has 2 aromatic carbocycles. The third-order valence-corrected chi connectivity index (χ3v) is 5.98. The van der Waals surface area contributed by atoms with Gasteiger partial charge in [0, 0.05) is 5.92 Å². The number of hydrogen-bond acceptors (Lipinski definition) is 8. The van der Waals surface area contributed by atoms with Gasteiger partial charge in [-0.25, -0.2) is 4.79 Å². The van der Waals surface area contributed by atoms with Crippen molar-refractivity contribution in [3.63, 3.8) is 0 Å². The number of rotatable bonds is 5. The third-order valence-electron chi connectivity index (χ3n) is 5.98. The SMILES string of the molecule is COC(=O)C1=C(O)C(C(=O)OC)C(c2ccccc2)C(C#N)(C#N)C1c1ccc(OC)cc1. The molecule has 1 aliphatic carbocycles. The van der Waals surface area contributed by atoms with Gasteiger partial charge in [0.2, 0.25) is 0 Å². The lowest BCUT2D eigenvalue weighted by atomic mass is 9.54. The number of nitriles is 2. The lowest BCUT2D eigenvalue weighted by Crippen LogP contribution is -2.47. The first kappa shape index (κ1) is 23.4. The molecule has 0 heterocycles. The Morgan fingerprint density at radius 3 is 2.00 bits per heavy atom. The molecule has 3 rings (SSSR count). The highest BCUT2D eigenvalue weighted by Gasteiger charge is 2.61. The molecule has 0 saturated carbocycles. The molecule has 0 aromatic heterocycles. The summed E-state index contributed by atoms with van der Waals surface area (Å²) in [4.78, 5) is 25.7. The molecular weight excluding hydrogens is 424 g/mol. The topological polar surface area (TPSA) is 130 Å². The van der Waals surface area contributed by atoms with Crippen LogP contribution in [0.4, 0.5) is 0 Å². The molecule has 0 bridgehead atoms. The summed E-state index contributed by atoms with van der Waals surface area (Å²) in [5.41, 5.74) is -1.45. The first-order valence-electron chi connectivity index (χ1n) is 10.0. The van der Waals surface area contributed by atoms with Crippen LogP contribution in [-0.4, -0.2) is 38.4 Å². The van der Waals surface area contributed by atoms with E-state index in [0.717, 1.165) is 14.2 Å². The summed E-state index contributed by atoms with van der Waals surface area (Å²) in [7, 11) is 3.73. The van der Waals surface area contributed by atoms with E-state index in [4.69, 9.17) is 14.2 Å². The van der Waals surface area contributed by atoms with Crippen LogP contribution in [0.25, 0.3) is 0 Å². The van der Waals surface area contributed by atoms with Gasteiger partial charge in [0.15, 0.2) is 5.41 Å². The van der Waals surface area contributed by atoms with Gasteiger partial charge >= 0.3 is 11.9 Å². The molecular formula is C25H22N2O6. The van der Waals surface area contributed by atoms with Crippen molar-refractivity contribution in [2.24, 2.45) is 11.3 Å². The number of aliphatic hydroxyl groups is 1. The molecule has 0 fully saturated rings. The number of ether oxygens (including phenoxy) is 3. The minimum Gasteiger partial charge on any atom is -0.511 e. The summed E-state index contributed by atoms with van der Waals surface area (Å²) >= 11 is 0. The number of hydrogen-bond donors (Lipinski definition) is 1. The highest BCUT2D eigenvalue weighted by molar-refractivity contribution is 5.94. The summed E-state index contributed by atoms with van der Waals surface area (Å²) in [5.74, 6) is -5.74. The zero-order valence-corrected chi connectivity index (χ0v) is 18.3. The smallest absolute Gasteiger partial charge is 0.337 e. The van der Waals surface area contributed by atoms with Gasteiger partial charge in [-0.15, -0.1) is 0 Å². The van der Waals surface area contributed by atoms with E-state index in [1.807, 2.05) is 0 Å². The number of esters is 2. The maximum Gasteiger partial charge on any atom is 0.337 e. The van der Waals surface area contributed by atoms with Crippen molar-refractivity contribution in [3.8, 4) is 17.9 Å². The van der Waals surface area contributed by atoms with Crippen LogP contribution in [0.2, 0.25) is 0 Å². The Morgan fingerprint density at radius 2 is 1.52 bits per heavy atom. The molecule has 168 valence electrons. The van der Waals surface area contributed by atoms with E-state index < -0.39 is 40.9 Å². The second-order valence-corrected chi connectivity index (χ2v) is 7.48. The Bertz CT molecular complexity index is 1140. The van der Waals surface area contributed by atoms with Gasteiger partial charge in [-0.3, -0.25) is 4.79 Å². The standard InChI is InChI=1S/C25H22N2O6/c1-31-17-11-9-16(10-12-17)21-19(24(30)33-3)22(28)18(23(29)32-2)20(25(21,13-26)14-27)15-7-5-4-6-8-15/h4-12,18,20-21,28H,1-3H3. The Kier molecular flexibility index (Phi) is 6.69. The number of nitrogens with zero attached hydrogens (tertiary/aromatic N) is 2. The van der Waals surface area contributed by atoms with Crippen molar-refractivity contribution in [2.45, 2.75) is 11.8 Å². The van der Waals surface area contributed by atoms with Gasteiger partial charge in [0.25, 0.3) is 0 Å². The molecule has 0 amide bonds. The summed E-state index contributed by atoms with van der Waals surface area (Å²) < 4.78 is 15.0. The zero-order valence-electron chi connectivity index (χ0n) is 18.3. The number of carbonyl (C=O) groups excluding carboxylic acids is 2. The van der Waals surface area contributed by atoms with Crippen molar-refractivity contribution < 1.29 is 28.9 Å². The van der Waals surface area contributed by atoms with Crippen molar-refractivity contribution in [1.82, 2.24) is 0 Å². The maximum absolute atomic E-state index is 12.9. The number of benzene rings is 2. The Labute approximate surface area is 191 Å². The van der Waals surface area contributed by atoms with Crippen molar-refractivity contribution >= 4 is 11.9 Å². The van der Waals surface area contributed by atoms with E-state index in [1.165, 1.54) is 7.11 Å². The van der Waals surface area contributed by atoms with Gasteiger partial charge in [0.05, 0.1) is 45.0 Å². The highest BCUT2D eigenvalue weighted by Crippen LogP contribution is 2.59. The molecule has 1 N–H and O–H groups in total. The normalized spacial score (nSPS) is 21.3. The summed E-state index contributed by atoms with van der Waals surface area (Å²) in [6.45, 7) is 0. The second-order valence-electron chi connectivity index (χ2n) is 7.48. The lowest BCUT2D eigenvalue weighted by Gasteiger charge is -2.44. The van der Waals surface area contributed by atoms with Crippen LogP contribution in [0, 0.1) is 34.0 Å². The molecule has 3 unspecified atom stereocenters. The molecule has 2 aromatic rings. The monoisotopic (exact) mass is 446 g/mol. The number of aliphatic hydroxyl groups excluding tert-OH is 1. The van der Waals surface area contributed by atoms with Crippen molar-refractivity contribution in [3.05, 3.63) is 77.1 Å². The summed E-state index contributed by atoms with van der Waals surface area (Å²) in [6, 6.07) is 19.0. The largest absolute Gasteiger partial charge is 0.511 e. The fourth-order valence-corrected chi connectivity index (χ4v) is 4.49. The molecule has 0 radical (unpaired) electrons.